The van der Waals surface area contributed by atoms with Crippen molar-refractivity contribution < 1.29 is 14.6 Å². The first-order valence-corrected chi connectivity index (χ1v) is 5.12. The van der Waals surface area contributed by atoms with Crippen LogP contribution in [-0.2, 0) is 4.79 Å². The fourth-order valence-corrected chi connectivity index (χ4v) is 1.44. The fraction of sp³-hybridized carbons (Fsp3) is 0.0769. The highest BCUT2D eigenvalue weighted by Crippen LogP contribution is 2.21. The van der Waals surface area contributed by atoms with E-state index in [1.807, 2.05) is 6.07 Å². The Morgan fingerprint density at radius 1 is 1.18 bits per heavy atom. The van der Waals surface area contributed by atoms with E-state index in [0.29, 0.717) is 11.3 Å². The Kier molecular flexibility index (Phi) is 3.35. The van der Waals surface area contributed by atoms with Gasteiger partial charge in [-0.2, -0.15) is 0 Å². The second-order valence-corrected chi connectivity index (χ2v) is 3.44. The minimum absolute atomic E-state index is 0.434. The Morgan fingerprint density at radius 2 is 1.94 bits per heavy atom. The van der Waals surface area contributed by atoms with Gasteiger partial charge >= 0.3 is 5.97 Å². The van der Waals surface area contributed by atoms with E-state index >= 15 is 0 Å². The molecule has 1 N–H and O–H groups in total. The van der Waals surface area contributed by atoms with E-state index in [4.69, 9.17) is 9.84 Å². The first-order chi connectivity index (χ1) is 8.27. The third-order valence-electron chi connectivity index (χ3n) is 2.21. The molecule has 17 heavy (non-hydrogen) atoms. The largest absolute Gasteiger partial charge is 0.478 e. The van der Waals surface area contributed by atoms with E-state index in [9.17, 15) is 4.79 Å². The predicted molar refractivity (Wildman–Crippen MR) is 61.7 cm³/mol. The maximum atomic E-state index is 11.2. The molecule has 1 aromatic carbocycles. The summed E-state index contributed by atoms with van der Waals surface area (Å²) in [6, 6.07) is 12.2. The molecule has 2 aromatic rings. The topological polar surface area (TPSA) is 59.4 Å². The van der Waals surface area contributed by atoms with E-state index in [1.165, 1.54) is 6.20 Å². The zero-order valence-corrected chi connectivity index (χ0v) is 8.98. The van der Waals surface area contributed by atoms with E-state index in [-0.39, 0.29) is 0 Å². The Morgan fingerprint density at radius 3 is 2.53 bits per heavy atom. The smallest absolute Gasteiger partial charge is 0.349 e. The summed E-state index contributed by atoms with van der Waals surface area (Å²) in [5.41, 5.74) is 0.601. The molecule has 4 nitrogen and oxygen atoms in total. The van der Waals surface area contributed by atoms with Gasteiger partial charge in [0.25, 0.3) is 0 Å². The maximum absolute atomic E-state index is 11.2. The molecule has 1 atom stereocenters. The molecule has 1 unspecified atom stereocenters. The fourth-order valence-electron chi connectivity index (χ4n) is 1.44. The van der Waals surface area contributed by atoms with Gasteiger partial charge in [0.05, 0.1) is 6.20 Å². The van der Waals surface area contributed by atoms with Crippen molar-refractivity contribution in [3.05, 3.63) is 60.4 Å². The van der Waals surface area contributed by atoms with Crippen LogP contribution in [0.4, 0.5) is 0 Å². The molecule has 0 saturated heterocycles. The summed E-state index contributed by atoms with van der Waals surface area (Å²) in [7, 11) is 0. The van der Waals surface area contributed by atoms with Gasteiger partial charge in [-0.3, -0.25) is 4.98 Å². The van der Waals surface area contributed by atoms with Crippen LogP contribution in [0.5, 0.6) is 5.75 Å². The third kappa shape index (κ3) is 2.81. The lowest BCUT2D eigenvalue weighted by Crippen LogP contribution is -2.18. The number of aliphatic carboxylic acids is 1. The van der Waals surface area contributed by atoms with Crippen LogP contribution in [0, 0.1) is 0 Å². The lowest BCUT2D eigenvalue weighted by Gasteiger charge is -2.14. The molecule has 1 aromatic heterocycles. The Bertz CT molecular complexity index is 485. The zero-order valence-electron chi connectivity index (χ0n) is 8.98. The van der Waals surface area contributed by atoms with E-state index in [0.717, 1.165) is 0 Å². The van der Waals surface area contributed by atoms with Crippen molar-refractivity contribution >= 4 is 5.97 Å². The molecule has 0 radical (unpaired) electrons. The van der Waals surface area contributed by atoms with Gasteiger partial charge in [0.1, 0.15) is 5.75 Å². The summed E-state index contributed by atoms with van der Waals surface area (Å²) in [4.78, 5) is 15.0. The van der Waals surface area contributed by atoms with Crippen molar-refractivity contribution in [1.29, 1.82) is 0 Å². The Labute approximate surface area is 98.5 Å². The van der Waals surface area contributed by atoms with Gasteiger partial charge in [0.15, 0.2) is 0 Å². The SMILES string of the molecule is O=C(O)C(Oc1cccnc1)c1ccccc1. The molecule has 4 heteroatoms. The number of benzene rings is 1. The van der Waals surface area contributed by atoms with Crippen LogP contribution in [-0.4, -0.2) is 16.1 Å². The number of ether oxygens (including phenoxy) is 1. The van der Waals surface area contributed by atoms with Crippen LogP contribution in [0.3, 0.4) is 0 Å². The van der Waals surface area contributed by atoms with Crippen LogP contribution in [0.1, 0.15) is 11.7 Å². The van der Waals surface area contributed by atoms with E-state index in [2.05, 4.69) is 4.98 Å². The summed E-state index contributed by atoms with van der Waals surface area (Å²) < 4.78 is 5.40. The average molecular weight is 229 g/mol. The summed E-state index contributed by atoms with van der Waals surface area (Å²) in [6.07, 6.45) is 2.07. The van der Waals surface area contributed by atoms with Crippen molar-refractivity contribution in [1.82, 2.24) is 4.98 Å². The summed E-state index contributed by atoms with van der Waals surface area (Å²) in [5.74, 6) is -0.594. The molecule has 0 saturated carbocycles. The second kappa shape index (κ2) is 5.12. The minimum Gasteiger partial charge on any atom is -0.478 e. The summed E-state index contributed by atoms with van der Waals surface area (Å²) in [6.45, 7) is 0. The molecule has 0 fully saturated rings. The molecular weight excluding hydrogens is 218 g/mol. The molecule has 0 spiro atoms. The Balaban J connectivity index is 2.23. The van der Waals surface area contributed by atoms with Gasteiger partial charge in [0.2, 0.25) is 6.10 Å². The quantitative estimate of drug-likeness (QED) is 0.873. The molecule has 1 heterocycles. The highest BCUT2D eigenvalue weighted by molar-refractivity contribution is 5.74. The number of carboxylic acids is 1. The van der Waals surface area contributed by atoms with Crippen LogP contribution in [0.2, 0.25) is 0 Å². The van der Waals surface area contributed by atoms with Crippen molar-refractivity contribution in [2.75, 3.05) is 0 Å². The number of carbonyl (C=O) groups is 1. The van der Waals surface area contributed by atoms with Gasteiger partial charge in [-0.1, -0.05) is 30.3 Å². The van der Waals surface area contributed by atoms with Crippen LogP contribution in [0.25, 0.3) is 0 Å². The second-order valence-electron chi connectivity index (χ2n) is 3.44. The number of hydrogen-bond donors (Lipinski definition) is 1. The molecule has 0 aliphatic heterocycles. The third-order valence-corrected chi connectivity index (χ3v) is 2.21. The Hall–Kier alpha value is -2.36. The van der Waals surface area contributed by atoms with Gasteiger partial charge < -0.3 is 9.84 Å². The van der Waals surface area contributed by atoms with Crippen LogP contribution < -0.4 is 4.74 Å². The average Bonchev–Trinajstić information content (AvgIpc) is 2.38. The van der Waals surface area contributed by atoms with Gasteiger partial charge in [-0.15, -0.1) is 0 Å². The van der Waals surface area contributed by atoms with Gasteiger partial charge in [0, 0.05) is 11.8 Å². The standard InChI is InChI=1S/C13H11NO3/c15-13(16)12(10-5-2-1-3-6-10)17-11-7-4-8-14-9-11/h1-9,12H,(H,15,16). The molecular formula is C13H11NO3. The normalized spacial score (nSPS) is 11.8. The number of hydrogen-bond acceptors (Lipinski definition) is 3. The van der Waals surface area contributed by atoms with Crippen molar-refractivity contribution in [3.63, 3.8) is 0 Å². The number of nitrogens with zero attached hydrogens (tertiary/aromatic N) is 1. The first-order valence-electron chi connectivity index (χ1n) is 5.12. The molecule has 0 aliphatic carbocycles. The monoisotopic (exact) mass is 229 g/mol. The lowest BCUT2D eigenvalue weighted by atomic mass is 10.1. The lowest BCUT2D eigenvalue weighted by molar-refractivity contribution is -0.145. The highest BCUT2D eigenvalue weighted by atomic mass is 16.5. The maximum Gasteiger partial charge on any atom is 0.349 e. The molecule has 0 bridgehead atoms. The predicted octanol–water partition coefficient (Wildman–Crippen LogP) is 2.29. The van der Waals surface area contributed by atoms with Gasteiger partial charge in [-0.25, -0.2) is 4.79 Å². The number of rotatable bonds is 4. The summed E-state index contributed by atoms with van der Waals surface area (Å²) >= 11 is 0. The van der Waals surface area contributed by atoms with E-state index in [1.54, 1.807) is 42.6 Å². The van der Waals surface area contributed by atoms with Crippen molar-refractivity contribution in [2.24, 2.45) is 0 Å². The molecule has 86 valence electrons. The highest BCUT2D eigenvalue weighted by Gasteiger charge is 2.21. The van der Waals surface area contributed by atoms with Gasteiger partial charge in [-0.05, 0) is 12.1 Å². The molecule has 0 aliphatic rings. The first kappa shape index (κ1) is 11.1. The van der Waals surface area contributed by atoms with Crippen LogP contribution >= 0.6 is 0 Å². The number of aromatic nitrogens is 1. The number of carboxylic acid groups (broad SMARTS) is 1. The summed E-state index contributed by atoms with van der Waals surface area (Å²) in [5, 5.41) is 9.14. The van der Waals surface area contributed by atoms with Crippen molar-refractivity contribution in [2.45, 2.75) is 6.10 Å². The van der Waals surface area contributed by atoms with E-state index < -0.39 is 12.1 Å². The number of pyridine rings is 1. The molecule has 0 amide bonds. The minimum atomic E-state index is -1.03. The van der Waals surface area contributed by atoms with Crippen molar-refractivity contribution in [3.8, 4) is 5.75 Å². The molecule has 2 rings (SSSR count). The van der Waals surface area contributed by atoms with Crippen LogP contribution in [0.15, 0.2) is 54.9 Å². The zero-order chi connectivity index (χ0) is 12.1.